The van der Waals surface area contributed by atoms with Gasteiger partial charge in [-0.2, -0.15) is 0 Å². The summed E-state index contributed by atoms with van der Waals surface area (Å²) >= 11 is 4.57. The van der Waals surface area contributed by atoms with Crippen LogP contribution in [0.4, 0.5) is 0 Å². The van der Waals surface area contributed by atoms with Crippen LogP contribution in [0, 0.1) is 7.14 Å². The van der Waals surface area contributed by atoms with Gasteiger partial charge in [0.25, 0.3) is 0 Å². The normalized spacial score (nSPS) is 19.1. The molecule has 3 aromatic carbocycles. The molecule has 0 amide bonds. The van der Waals surface area contributed by atoms with E-state index in [0.717, 1.165) is 40.9 Å². The Bertz CT molecular complexity index is 964. The molecule has 0 aliphatic carbocycles. The summed E-state index contributed by atoms with van der Waals surface area (Å²) in [5, 5.41) is 10.6. The molecule has 2 heterocycles. The van der Waals surface area contributed by atoms with Gasteiger partial charge in [0.15, 0.2) is 11.9 Å². The molecule has 2 aliphatic rings. The van der Waals surface area contributed by atoms with Gasteiger partial charge < -0.3 is 14.6 Å². The molecular weight excluding hydrogens is 542 g/mol. The molecular formula is C20H12I2O3. The maximum atomic E-state index is 10.6. The minimum Gasteiger partial charge on any atom is -0.454 e. The Labute approximate surface area is 172 Å². The van der Waals surface area contributed by atoms with Crippen molar-refractivity contribution in [2.75, 3.05) is 0 Å². The average Bonchev–Trinajstić information content (AvgIpc) is 2.91. The van der Waals surface area contributed by atoms with Gasteiger partial charge in [0.1, 0.15) is 11.5 Å². The molecule has 0 saturated heterocycles. The molecule has 5 rings (SSSR count). The number of hydrogen-bond acceptors (Lipinski definition) is 3. The van der Waals surface area contributed by atoms with E-state index in [-0.39, 0.29) is 0 Å². The second-order valence-electron chi connectivity index (χ2n) is 6.07. The predicted octanol–water partition coefficient (Wildman–Crippen LogP) is 5.31. The Morgan fingerprint density at radius 1 is 0.760 bits per heavy atom. The van der Waals surface area contributed by atoms with Crippen LogP contribution in [0.1, 0.15) is 28.5 Å². The Kier molecular flexibility index (Phi) is 3.64. The Morgan fingerprint density at radius 2 is 1.32 bits per heavy atom. The number of rotatable bonds is 0. The summed E-state index contributed by atoms with van der Waals surface area (Å²) in [6, 6.07) is 20.0. The molecule has 2 aliphatic heterocycles. The van der Waals surface area contributed by atoms with Crippen molar-refractivity contribution in [1.29, 1.82) is 0 Å². The zero-order valence-corrected chi connectivity index (χ0v) is 17.2. The van der Waals surface area contributed by atoms with E-state index in [1.807, 2.05) is 60.7 Å². The molecule has 0 radical (unpaired) electrons. The molecule has 1 N–H and O–H groups in total. The monoisotopic (exact) mass is 554 g/mol. The van der Waals surface area contributed by atoms with Crippen molar-refractivity contribution in [2.45, 2.75) is 11.9 Å². The third-order valence-electron chi connectivity index (χ3n) is 4.79. The fourth-order valence-corrected chi connectivity index (χ4v) is 4.99. The highest BCUT2D eigenvalue weighted by atomic mass is 127. The Hall–Kier alpha value is -1.16. The molecule has 1 atom stereocenters. The third-order valence-corrected chi connectivity index (χ3v) is 6.49. The topological polar surface area (TPSA) is 38.7 Å². The van der Waals surface area contributed by atoms with Crippen molar-refractivity contribution in [3.63, 3.8) is 0 Å². The molecule has 0 aromatic heterocycles. The molecule has 0 fully saturated rings. The van der Waals surface area contributed by atoms with Crippen molar-refractivity contribution in [1.82, 2.24) is 0 Å². The number of para-hydroxylation sites is 2. The SMILES string of the molecule is OC1OC2(c3ccccc31)c1cccc(I)c1Oc1c(I)cccc12. The molecule has 0 saturated carbocycles. The van der Waals surface area contributed by atoms with E-state index in [2.05, 4.69) is 45.2 Å². The maximum Gasteiger partial charge on any atom is 0.183 e. The predicted molar refractivity (Wildman–Crippen MR) is 111 cm³/mol. The number of halogens is 2. The minimum atomic E-state index is -0.967. The number of aliphatic hydroxyl groups is 1. The fourth-order valence-electron chi connectivity index (χ4n) is 3.77. The van der Waals surface area contributed by atoms with E-state index in [4.69, 9.17) is 9.47 Å². The zero-order chi connectivity index (χ0) is 17.2. The summed E-state index contributed by atoms with van der Waals surface area (Å²) in [4.78, 5) is 0. The van der Waals surface area contributed by atoms with Gasteiger partial charge in [0.2, 0.25) is 0 Å². The van der Waals surface area contributed by atoms with Gasteiger partial charge >= 0.3 is 0 Å². The van der Waals surface area contributed by atoms with E-state index in [0.29, 0.717) is 0 Å². The minimum absolute atomic E-state index is 0.795. The quantitative estimate of drug-likeness (QED) is 0.383. The number of benzene rings is 3. The highest BCUT2D eigenvalue weighted by molar-refractivity contribution is 14.1. The van der Waals surface area contributed by atoms with Crippen molar-refractivity contribution in [3.05, 3.63) is 90.1 Å². The van der Waals surface area contributed by atoms with Gasteiger partial charge in [-0.15, -0.1) is 0 Å². The lowest BCUT2D eigenvalue weighted by molar-refractivity contribution is -0.142. The first-order valence-corrected chi connectivity index (χ1v) is 10.00. The number of hydrogen-bond donors (Lipinski definition) is 1. The number of aliphatic hydroxyl groups excluding tert-OH is 1. The molecule has 1 spiro atoms. The van der Waals surface area contributed by atoms with E-state index >= 15 is 0 Å². The van der Waals surface area contributed by atoms with Crippen LogP contribution in [-0.4, -0.2) is 5.11 Å². The molecule has 3 nitrogen and oxygen atoms in total. The summed E-state index contributed by atoms with van der Waals surface area (Å²) in [5.41, 5.74) is 2.77. The van der Waals surface area contributed by atoms with Crippen molar-refractivity contribution < 1.29 is 14.6 Å². The first-order valence-electron chi connectivity index (χ1n) is 7.84. The summed E-state index contributed by atoms with van der Waals surface area (Å²) in [7, 11) is 0. The summed E-state index contributed by atoms with van der Waals surface area (Å²) < 4.78 is 14.6. The van der Waals surface area contributed by atoms with Crippen LogP contribution in [-0.2, 0) is 10.3 Å². The van der Waals surface area contributed by atoms with E-state index in [9.17, 15) is 5.11 Å². The lowest BCUT2D eigenvalue weighted by Gasteiger charge is -2.38. The van der Waals surface area contributed by atoms with Crippen LogP contribution >= 0.6 is 45.2 Å². The smallest absolute Gasteiger partial charge is 0.183 e. The third kappa shape index (κ3) is 2.09. The van der Waals surface area contributed by atoms with Crippen LogP contribution in [0.2, 0.25) is 0 Å². The highest BCUT2D eigenvalue weighted by Crippen LogP contribution is 2.59. The van der Waals surface area contributed by atoms with Gasteiger partial charge in [0, 0.05) is 22.3 Å². The molecule has 25 heavy (non-hydrogen) atoms. The summed E-state index contributed by atoms with van der Waals surface area (Å²) in [5.74, 6) is 1.59. The second-order valence-corrected chi connectivity index (χ2v) is 8.40. The average molecular weight is 554 g/mol. The first-order chi connectivity index (χ1) is 12.1. The van der Waals surface area contributed by atoms with Gasteiger partial charge in [-0.3, -0.25) is 0 Å². The van der Waals surface area contributed by atoms with Crippen LogP contribution in [0.3, 0.4) is 0 Å². The molecule has 1 unspecified atom stereocenters. The van der Waals surface area contributed by atoms with Crippen LogP contribution < -0.4 is 4.74 Å². The molecule has 3 aromatic rings. The maximum absolute atomic E-state index is 10.6. The number of fused-ring (bicyclic) bond motifs is 6. The van der Waals surface area contributed by atoms with Crippen molar-refractivity contribution in [2.24, 2.45) is 0 Å². The Morgan fingerprint density at radius 3 is 1.96 bits per heavy atom. The van der Waals surface area contributed by atoms with Gasteiger partial charge in [-0.25, -0.2) is 0 Å². The fraction of sp³-hybridized carbons (Fsp3) is 0.100. The Balaban J connectivity index is 1.94. The molecule has 0 bridgehead atoms. The van der Waals surface area contributed by atoms with E-state index < -0.39 is 11.9 Å². The standard InChI is InChI=1S/C20H12I2O3/c21-15-9-3-7-13-17(15)24-18-14(8-4-10-16(18)22)20(13)12-6-2-1-5-11(12)19(23)25-20/h1-10,19,23H. The molecule has 124 valence electrons. The first kappa shape index (κ1) is 16.0. The van der Waals surface area contributed by atoms with Crippen LogP contribution in [0.15, 0.2) is 60.7 Å². The second kappa shape index (κ2) is 5.67. The van der Waals surface area contributed by atoms with Crippen molar-refractivity contribution >= 4 is 45.2 Å². The van der Waals surface area contributed by atoms with Gasteiger partial charge in [0.05, 0.1) is 7.14 Å². The molecule has 5 heteroatoms. The highest BCUT2D eigenvalue weighted by Gasteiger charge is 2.52. The van der Waals surface area contributed by atoms with Gasteiger partial charge in [-0.1, -0.05) is 48.5 Å². The van der Waals surface area contributed by atoms with E-state index in [1.54, 1.807) is 0 Å². The summed E-state index contributed by atoms with van der Waals surface area (Å²) in [6.07, 6.45) is -0.967. The number of ether oxygens (including phenoxy) is 2. The summed E-state index contributed by atoms with van der Waals surface area (Å²) in [6.45, 7) is 0. The van der Waals surface area contributed by atoms with Crippen LogP contribution in [0.5, 0.6) is 11.5 Å². The largest absolute Gasteiger partial charge is 0.454 e. The lowest BCUT2D eigenvalue weighted by Crippen LogP contribution is -2.33. The lowest BCUT2D eigenvalue weighted by atomic mass is 9.78. The van der Waals surface area contributed by atoms with Crippen LogP contribution in [0.25, 0.3) is 0 Å². The van der Waals surface area contributed by atoms with E-state index in [1.165, 1.54) is 0 Å². The zero-order valence-electron chi connectivity index (χ0n) is 12.9. The van der Waals surface area contributed by atoms with Crippen molar-refractivity contribution in [3.8, 4) is 11.5 Å². The van der Waals surface area contributed by atoms with Gasteiger partial charge in [-0.05, 0) is 57.3 Å².